The molecule has 0 atom stereocenters. The third kappa shape index (κ3) is 4.05. The van der Waals surface area contributed by atoms with E-state index in [4.69, 9.17) is 0 Å². The second-order valence-electron chi connectivity index (χ2n) is 4.38. The third-order valence-electron chi connectivity index (χ3n) is 2.79. The Hall–Kier alpha value is -1.40. The zero-order chi connectivity index (χ0) is 14.6. The number of rotatable bonds is 5. The smallest absolute Gasteiger partial charge is 0.308 e. The molecule has 0 saturated carbocycles. The molecule has 2 aromatic rings. The van der Waals surface area contributed by atoms with Crippen molar-refractivity contribution in [1.82, 2.24) is 10.3 Å². The van der Waals surface area contributed by atoms with Crippen LogP contribution >= 0.6 is 11.3 Å². The Labute approximate surface area is 119 Å². The van der Waals surface area contributed by atoms with Crippen molar-refractivity contribution in [1.29, 1.82) is 0 Å². The predicted molar refractivity (Wildman–Crippen MR) is 73.5 cm³/mol. The Balaban J connectivity index is 1.91. The van der Waals surface area contributed by atoms with E-state index >= 15 is 0 Å². The number of aryl methyl sites for hydroxylation is 1. The first-order valence-corrected chi connectivity index (χ1v) is 7.11. The number of alkyl halides is 3. The van der Waals surface area contributed by atoms with Crippen molar-refractivity contribution in [2.75, 3.05) is 0 Å². The summed E-state index contributed by atoms with van der Waals surface area (Å²) in [6.07, 6.45) is -1.58. The lowest BCUT2D eigenvalue weighted by Gasteiger charge is -2.09. The molecule has 108 valence electrons. The van der Waals surface area contributed by atoms with Gasteiger partial charge in [-0.1, -0.05) is 25.1 Å². The lowest BCUT2D eigenvalue weighted by atomic mass is 10.1. The maximum absolute atomic E-state index is 12.6. The molecule has 1 aromatic carbocycles. The number of nitrogens with one attached hydrogen (secondary N) is 1. The molecule has 0 unspecified atom stereocenters. The van der Waals surface area contributed by atoms with E-state index in [2.05, 4.69) is 10.3 Å². The van der Waals surface area contributed by atoms with Gasteiger partial charge in [0.25, 0.3) is 0 Å². The van der Waals surface area contributed by atoms with Crippen molar-refractivity contribution in [3.05, 3.63) is 51.5 Å². The summed E-state index contributed by atoms with van der Waals surface area (Å²) in [5.41, 5.74) is 0.0166. The SMILES string of the molecule is CCc1ncc(CNCc2cccc(C(F)(F)F)c2)s1. The highest BCUT2D eigenvalue weighted by Gasteiger charge is 2.30. The molecule has 0 fully saturated rings. The van der Waals surface area contributed by atoms with Gasteiger partial charge in [0.15, 0.2) is 0 Å². The van der Waals surface area contributed by atoms with Gasteiger partial charge in [0.1, 0.15) is 0 Å². The normalized spacial score (nSPS) is 11.8. The van der Waals surface area contributed by atoms with Crippen LogP contribution in [0.2, 0.25) is 0 Å². The Morgan fingerprint density at radius 1 is 1.25 bits per heavy atom. The van der Waals surface area contributed by atoms with Gasteiger partial charge >= 0.3 is 6.18 Å². The van der Waals surface area contributed by atoms with E-state index in [1.165, 1.54) is 12.1 Å². The zero-order valence-electron chi connectivity index (χ0n) is 11.0. The van der Waals surface area contributed by atoms with Crippen LogP contribution in [0.15, 0.2) is 30.5 Å². The predicted octanol–water partition coefficient (Wildman–Crippen LogP) is 4.01. The number of aromatic nitrogens is 1. The molecule has 0 amide bonds. The summed E-state index contributed by atoms with van der Waals surface area (Å²) in [6, 6.07) is 5.38. The van der Waals surface area contributed by atoms with Crippen LogP contribution < -0.4 is 5.32 Å². The first kappa shape index (κ1) is 15.0. The van der Waals surface area contributed by atoms with E-state index in [0.29, 0.717) is 18.7 Å². The number of hydrogen-bond donors (Lipinski definition) is 1. The van der Waals surface area contributed by atoms with Gasteiger partial charge in [0.2, 0.25) is 0 Å². The molecule has 0 spiro atoms. The van der Waals surface area contributed by atoms with Gasteiger partial charge < -0.3 is 5.32 Å². The molecule has 0 aliphatic carbocycles. The molecule has 2 nitrogen and oxygen atoms in total. The van der Waals surface area contributed by atoms with Crippen LogP contribution in [0.4, 0.5) is 13.2 Å². The molecular formula is C14H15F3N2S. The molecular weight excluding hydrogens is 285 g/mol. The molecule has 0 aliphatic heterocycles. The van der Waals surface area contributed by atoms with Crippen LogP contribution in [0.3, 0.4) is 0 Å². The maximum Gasteiger partial charge on any atom is 0.416 e. The number of halogens is 3. The van der Waals surface area contributed by atoms with Crippen LogP contribution in [0.5, 0.6) is 0 Å². The highest BCUT2D eigenvalue weighted by Crippen LogP contribution is 2.29. The van der Waals surface area contributed by atoms with Crippen molar-refractivity contribution in [3.63, 3.8) is 0 Å². The van der Waals surface area contributed by atoms with E-state index in [0.717, 1.165) is 22.4 Å². The highest BCUT2D eigenvalue weighted by molar-refractivity contribution is 7.11. The average molecular weight is 300 g/mol. The fraction of sp³-hybridized carbons (Fsp3) is 0.357. The summed E-state index contributed by atoms with van der Waals surface area (Å²) in [6.45, 7) is 3.07. The summed E-state index contributed by atoms with van der Waals surface area (Å²) in [4.78, 5) is 5.33. The summed E-state index contributed by atoms with van der Waals surface area (Å²) < 4.78 is 37.7. The average Bonchev–Trinajstić information content (AvgIpc) is 2.86. The summed E-state index contributed by atoms with van der Waals surface area (Å²) in [7, 11) is 0. The topological polar surface area (TPSA) is 24.9 Å². The van der Waals surface area contributed by atoms with Crippen LogP contribution in [-0.2, 0) is 25.7 Å². The lowest BCUT2D eigenvalue weighted by Crippen LogP contribution is -2.13. The molecule has 0 bridgehead atoms. The zero-order valence-corrected chi connectivity index (χ0v) is 11.8. The molecule has 1 aromatic heterocycles. The molecule has 1 N–H and O–H groups in total. The second kappa shape index (κ2) is 6.37. The van der Waals surface area contributed by atoms with Crippen LogP contribution in [0.1, 0.15) is 27.9 Å². The monoisotopic (exact) mass is 300 g/mol. The first-order valence-electron chi connectivity index (χ1n) is 6.29. The van der Waals surface area contributed by atoms with Crippen molar-refractivity contribution in [2.45, 2.75) is 32.6 Å². The van der Waals surface area contributed by atoms with E-state index < -0.39 is 11.7 Å². The minimum absolute atomic E-state index is 0.406. The van der Waals surface area contributed by atoms with Gasteiger partial charge in [-0.15, -0.1) is 11.3 Å². The molecule has 2 rings (SSSR count). The van der Waals surface area contributed by atoms with Crippen LogP contribution in [-0.4, -0.2) is 4.98 Å². The van der Waals surface area contributed by atoms with Gasteiger partial charge in [-0.2, -0.15) is 13.2 Å². The van der Waals surface area contributed by atoms with Crippen molar-refractivity contribution in [2.24, 2.45) is 0 Å². The Kier molecular flexibility index (Phi) is 4.77. The number of thiazole rings is 1. The molecule has 0 aliphatic rings. The maximum atomic E-state index is 12.6. The standard InChI is InChI=1S/C14H15F3N2S/c1-2-13-19-9-12(20-13)8-18-7-10-4-3-5-11(6-10)14(15,16)17/h3-6,9,18H,2,7-8H2,1H3. The van der Waals surface area contributed by atoms with E-state index in [1.807, 2.05) is 13.1 Å². The van der Waals surface area contributed by atoms with Crippen LogP contribution in [0.25, 0.3) is 0 Å². The fourth-order valence-corrected chi connectivity index (χ4v) is 2.61. The minimum Gasteiger partial charge on any atom is -0.308 e. The quantitative estimate of drug-likeness (QED) is 0.902. The van der Waals surface area contributed by atoms with Crippen LogP contribution in [0, 0.1) is 0 Å². The minimum atomic E-state index is -4.29. The Morgan fingerprint density at radius 2 is 2.05 bits per heavy atom. The number of benzene rings is 1. The lowest BCUT2D eigenvalue weighted by molar-refractivity contribution is -0.137. The third-order valence-corrected chi connectivity index (χ3v) is 3.93. The molecule has 6 heteroatoms. The number of hydrogen-bond acceptors (Lipinski definition) is 3. The van der Waals surface area contributed by atoms with E-state index in [1.54, 1.807) is 17.4 Å². The van der Waals surface area contributed by atoms with Gasteiger partial charge in [0.05, 0.1) is 10.6 Å². The molecule has 0 radical (unpaired) electrons. The number of nitrogens with zero attached hydrogens (tertiary/aromatic N) is 1. The van der Waals surface area contributed by atoms with Crippen molar-refractivity contribution >= 4 is 11.3 Å². The van der Waals surface area contributed by atoms with Gasteiger partial charge in [-0.05, 0) is 18.1 Å². The Morgan fingerprint density at radius 3 is 2.70 bits per heavy atom. The molecule has 0 saturated heterocycles. The first-order chi connectivity index (χ1) is 9.49. The second-order valence-corrected chi connectivity index (χ2v) is 5.58. The highest BCUT2D eigenvalue weighted by atomic mass is 32.1. The largest absolute Gasteiger partial charge is 0.416 e. The van der Waals surface area contributed by atoms with E-state index in [9.17, 15) is 13.2 Å². The van der Waals surface area contributed by atoms with Crippen molar-refractivity contribution in [3.8, 4) is 0 Å². The summed E-state index contributed by atoms with van der Waals surface area (Å²) >= 11 is 1.62. The fourth-order valence-electron chi connectivity index (χ4n) is 1.78. The van der Waals surface area contributed by atoms with E-state index in [-0.39, 0.29) is 0 Å². The van der Waals surface area contributed by atoms with Crippen molar-refractivity contribution < 1.29 is 13.2 Å². The summed E-state index contributed by atoms with van der Waals surface area (Å²) in [5, 5.41) is 4.21. The van der Waals surface area contributed by atoms with Gasteiger partial charge in [0, 0.05) is 24.2 Å². The molecule has 20 heavy (non-hydrogen) atoms. The Bertz CT molecular complexity index is 564. The van der Waals surface area contributed by atoms with Gasteiger partial charge in [-0.3, -0.25) is 0 Å². The summed E-state index contributed by atoms with van der Waals surface area (Å²) in [5.74, 6) is 0. The molecule has 1 heterocycles. The van der Waals surface area contributed by atoms with Gasteiger partial charge in [-0.25, -0.2) is 4.98 Å².